The zero-order chi connectivity index (χ0) is 21.0. The highest BCUT2D eigenvalue weighted by molar-refractivity contribution is 7.89. The third-order valence-electron chi connectivity index (χ3n) is 4.58. The van der Waals surface area contributed by atoms with Crippen LogP contribution in [0, 0.1) is 0 Å². The van der Waals surface area contributed by atoms with Crippen LogP contribution in [0.2, 0.25) is 0 Å². The van der Waals surface area contributed by atoms with E-state index in [2.05, 4.69) is 10.3 Å². The molecule has 0 saturated heterocycles. The number of pyridine rings is 1. The van der Waals surface area contributed by atoms with E-state index in [1.807, 2.05) is 30.3 Å². The highest BCUT2D eigenvalue weighted by Crippen LogP contribution is 2.27. The monoisotopic (exact) mass is 413 g/mol. The molecule has 0 aliphatic heterocycles. The summed E-state index contributed by atoms with van der Waals surface area (Å²) < 4.78 is 31.3. The van der Waals surface area contributed by atoms with Gasteiger partial charge in [0.2, 0.25) is 10.0 Å². The molecule has 0 atom stereocenters. The number of benzene rings is 2. The summed E-state index contributed by atoms with van der Waals surface area (Å²) in [6.07, 6.45) is 2.35. The lowest BCUT2D eigenvalue weighted by atomic mass is 10.1. The van der Waals surface area contributed by atoms with E-state index in [-0.39, 0.29) is 22.1 Å². The number of nitrogens with zero attached hydrogens (tertiary/aromatic N) is 2. The number of sulfonamides is 1. The van der Waals surface area contributed by atoms with Gasteiger partial charge in [-0.05, 0) is 36.2 Å². The predicted molar refractivity (Wildman–Crippen MR) is 112 cm³/mol. The van der Waals surface area contributed by atoms with Gasteiger partial charge in [0.15, 0.2) is 0 Å². The fourth-order valence-electron chi connectivity index (χ4n) is 3.00. The lowest BCUT2D eigenvalue weighted by Gasteiger charge is -2.15. The Labute approximate surface area is 170 Å². The van der Waals surface area contributed by atoms with Gasteiger partial charge in [-0.25, -0.2) is 12.7 Å². The molecule has 1 N–H and O–H groups in total. The Balaban J connectivity index is 1.76. The minimum absolute atomic E-state index is 0.0455. The van der Waals surface area contributed by atoms with Gasteiger partial charge in [0.1, 0.15) is 10.6 Å². The molecule has 0 bridgehead atoms. The van der Waals surface area contributed by atoms with Crippen molar-refractivity contribution in [3.8, 4) is 5.75 Å². The largest absolute Gasteiger partial charge is 0.495 e. The van der Waals surface area contributed by atoms with E-state index in [9.17, 15) is 13.2 Å². The third-order valence-corrected chi connectivity index (χ3v) is 6.42. The maximum Gasteiger partial charge on any atom is 0.251 e. The normalized spacial score (nSPS) is 11.6. The van der Waals surface area contributed by atoms with E-state index in [0.29, 0.717) is 13.0 Å². The molecule has 0 fully saturated rings. The zero-order valence-electron chi connectivity index (χ0n) is 16.5. The Hall–Kier alpha value is -2.97. The van der Waals surface area contributed by atoms with E-state index < -0.39 is 10.0 Å². The molecular weight excluding hydrogens is 390 g/mol. The quantitative estimate of drug-likeness (QED) is 0.643. The van der Waals surface area contributed by atoms with Crippen LogP contribution in [-0.4, -0.2) is 51.4 Å². The van der Waals surface area contributed by atoms with Gasteiger partial charge in [-0.2, -0.15) is 0 Å². The number of ether oxygens (including phenoxy) is 1. The van der Waals surface area contributed by atoms with Crippen LogP contribution in [0.3, 0.4) is 0 Å². The number of fused-ring (bicyclic) bond motifs is 1. The van der Waals surface area contributed by atoms with Crippen LogP contribution in [0.5, 0.6) is 5.75 Å². The van der Waals surface area contributed by atoms with Crippen LogP contribution in [0.15, 0.2) is 59.6 Å². The van der Waals surface area contributed by atoms with Crippen molar-refractivity contribution in [2.45, 2.75) is 11.3 Å². The van der Waals surface area contributed by atoms with Crippen LogP contribution in [0.4, 0.5) is 0 Å². The summed E-state index contributed by atoms with van der Waals surface area (Å²) in [5.41, 5.74) is 2.20. The second-order valence-corrected chi connectivity index (χ2v) is 8.77. The van der Waals surface area contributed by atoms with Gasteiger partial charge in [-0.3, -0.25) is 9.78 Å². The summed E-state index contributed by atoms with van der Waals surface area (Å²) in [5, 5.41) is 3.89. The fourth-order valence-corrected chi connectivity index (χ4v) is 4.07. The van der Waals surface area contributed by atoms with Crippen molar-refractivity contribution in [1.82, 2.24) is 14.6 Å². The minimum Gasteiger partial charge on any atom is -0.495 e. The van der Waals surface area contributed by atoms with Crippen molar-refractivity contribution in [1.29, 1.82) is 0 Å². The molecule has 29 heavy (non-hydrogen) atoms. The first-order valence-electron chi connectivity index (χ1n) is 9.06. The first-order chi connectivity index (χ1) is 13.8. The molecule has 0 aliphatic carbocycles. The van der Waals surface area contributed by atoms with Crippen molar-refractivity contribution in [3.05, 3.63) is 65.9 Å². The molecular formula is C21H23N3O4S. The van der Waals surface area contributed by atoms with Gasteiger partial charge in [0.25, 0.3) is 5.91 Å². The number of amides is 1. The first-order valence-corrected chi connectivity index (χ1v) is 10.5. The molecule has 7 nitrogen and oxygen atoms in total. The number of carbonyl (C=O) groups excluding carboxylic acids is 1. The van der Waals surface area contributed by atoms with E-state index in [1.54, 1.807) is 12.3 Å². The molecule has 1 heterocycles. The summed E-state index contributed by atoms with van der Waals surface area (Å²) in [6.45, 7) is 0.399. The van der Waals surface area contributed by atoms with Crippen LogP contribution < -0.4 is 10.1 Å². The average molecular weight is 413 g/mol. The van der Waals surface area contributed by atoms with Gasteiger partial charge < -0.3 is 10.1 Å². The Kier molecular flexibility index (Phi) is 6.14. The molecule has 0 saturated carbocycles. The summed E-state index contributed by atoms with van der Waals surface area (Å²) in [7, 11) is 0.508. The highest BCUT2D eigenvalue weighted by atomic mass is 32.2. The van der Waals surface area contributed by atoms with Gasteiger partial charge in [-0.15, -0.1) is 0 Å². The second-order valence-electron chi connectivity index (χ2n) is 6.65. The van der Waals surface area contributed by atoms with Crippen LogP contribution in [0.25, 0.3) is 10.9 Å². The van der Waals surface area contributed by atoms with E-state index in [0.717, 1.165) is 20.8 Å². The highest BCUT2D eigenvalue weighted by Gasteiger charge is 2.23. The molecule has 3 rings (SSSR count). The van der Waals surface area contributed by atoms with Gasteiger partial charge >= 0.3 is 0 Å². The van der Waals surface area contributed by atoms with Crippen molar-refractivity contribution >= 4 is 26.8 Å². The topological polar surface area (TPSA) is 88.6 Å². The smallest absolute Gasteiger partial charge is 0.251 e. The standard InChI is InChI=1S/C21H23N3O4S/c1-24(2)29(26,27)19-14-17(9-10-18(19)28-3)21(25)23-13-11-16-7-4-6-15-8-5-12-22-20(15)16/h4-10,12,14H,11,13H2,1-3H3,(H,23,25). The molecule has 2 aromatic carbocycles. The lowest BCUT2D eigenvalue weighted by Crippen LogP contribution is -2.27. The Morgan fingerprint density at radius 2 is 1.90 bits per heavy atom. The number of para-hydroxylation sites is 1. The maximum atomic E-state index is 12.6. The summed E-state index contributed by atoms with van der Waals surface area (Å²) >= 11 is 0. The maximum absolute atomic E-state index is 12.6. The molecule has 0 aliphatic rings. The summed E-state index contributed by atoms with van der Waals surface area (Å²) in [6, 6.07) is 14.2. The number of hydrogen-bond donors (Lipinski definition) is 1. The van der Waals surface area contributed by atoms with E-state index in [1.165, 1.54) is 33.3 Å². The van der Waals surface area contributed by atoms with Crippen molar-refractivity contribution in [3.63, 3.8) is 0 Å². The number of nitrogens with one attached hydrogen (secondary N) is 1. The average Bonchev–Trinajstić information content (AvgIpc) is 2.73. The van der Waals surface area contributed by atoms with Crippen LogP contribution in [-0.2, 0) is 16.4 Å². The molecule has 152 valence electrons. The number of aromatic nitrogens is 1. The van der Waals surface area contributed by atoms with Gasteiger partial charge in [-0.1, -0.05) is 24.3 Å². The Bertz CT molecular complexity index is 1140. The minimum atomic E-state index is -3.74. The Morgan fingerprint density at radius 1 is 1.14 bits per heavy atom. The molecule has 8 heteroatoms. The fraction of sp³-hybridized carbons (Fsp3) is 0.238. The molecule has 0 radical (unpaired) electrons. The van der Waals surface area contributed by atoms with Crippen molar-refractivity contribution in [2.75, 3.05) is 27.7 Å². The third kappa shape index (κ3) is 4.38. The molecule has 1 amide bonds. The SMILES string of the molecule is COc1ccc(C(=O)NCCc2cccc3cccnc23)cc1S(=O)(=O)N(C)C. The first kappa shape index (κ1) is 20.8. The molecule has 1 aromatic heterocycles. The van der Waals surface area contributed by atoms with Gasteiger partial charge in [0.05, 0.1) is 12.6 Å². The van der Waals surface area contributed by atoms with Crippen molar-refractivity contribution < 1.29 is 17.9 Å². The second kappa shape index (κ2) is 8.59. The molecule has 3 aromatic rings. The molecule has 0 spiro atoms. The zero-order valence-corrected chi connectivity index (χ0v) is 17.4. The molecule has 0 unspecified atom stereocenters. The summed E-state index contributed by atoms with van der Waals surface area (Å²) in [4.78, 5) is 16.9. The summed E-state index contributed by atoms with van der Waals surface area (Å²) in [5.74, 6) is -0.159. The lowest BCUT2D eigenvalue weighted by molar-refractivity contribution is 0.0954. The number of methoxy groups -OCH3 is 1. The predicted octanol–water partition coefficient (Wildman–Crippen LogP) is 2.47. The van der Waals surface area contributed by atoms with E-state index in [4.69, 9.17) is 4.74 Å². The Morgan fingerprint density at radius 3 is 2.62 bits per heavy atom. The van der Waals surface area contributed by atoms with Gasteiger partial charge in [0, 0.05) is 37.8 Å². The van der Waals surface area contributed by atoms with Crippen LogP contribution in [0.1, 0.15) is 15.9 Å². The number of rotatable bonds is 7. The number of hydrogen-bond acceptors (Lipinski definition) is 5. The van der Waals surface area contributed by atoms with Crippen molar-refractivity contribution in [2.24, 2.45) is 0 Å². The van der Waals surface area contributed by atoms with E-state index >= 15 is 0 Å². The van der Waals surface area contributed by atoms with Crippen LogP contribution >= 0.6 is 0 Å². The number of carbonyl (C=O) groups is 1.